The normalized spacial score (nSPS) is 32.7. The number of hydrogen-bond acceptors (Lipinski definition) is 5. The molecule has 4 bridgehead atoms. The molecule has 1 saturated heterocycles. The van der Waals surface area contributed by atoms with Gasteiger partial charge in [-0.05, 0) is 75.2 Å². The Morgan fingerprint density at radius 1 is 1.06 bits per heavy atom. The Kier molecular flexibility index (Phi) is 5.55. The first kappa shape index (κ1) is 21.2. The molecule has 5 fully saturated rings. The monoisotopic (exact) mass is 440 g/mol. The second-order valence-electron chi connectivity index (χ2n) is 10.3. The van der Waals surface area contributed by atoms with Crippen molar-refractivity contribution in [2.24, 2.45) is 23.2 Å². The highest BCUT2D eigenvalue weighted by molar-refractivity contribution is 5.91. The van der Waals surface area contributed by atoms with Crippen molar-refractivity contribution < 1.29 is 14.5 Å². The lowest BCUT2D eigenvalue weighted by molar-refractivity contribution is -0.384. The average molecular weight is 441 g/mol. The van der Waals surface area contributed by atoms with Crippen LogP contribution in [0.1, 0.15) is 51.4 Å². The summed E-state index contributed by atoms with van der Waals surface area (Å²) in [5.74, 6) is 2.23. The first-order valence-electron chi connectivity index (χ1n) is 12.0. The number of nitro groups is 1. The minimum Gasteiger partial charge on any atom is -0.378 e. The Morgan fingerprint density at radius 3 is 2.38 bits per heavy atom. The fraction of sp³-hybridized carbons (Fsp3) is 0.667. The highest BCUT2D eigenvalue weighted by Gasteiger charge is 2.56. The van der Waals surface area contributed by atoms with Gasteiger partial charge in [-0.2, -0.15) is 0 Å². The summed E-state index contributed by atoms with van der Waals surface area (Å²) in [6.45, 7) is 1.40. The van der Waals surface area contributed by atoms with E-state index < -0.39 is 4.92 Å². The van der Waals surface area contributed by atoms with Crippen molar-refractivity contribution in [3.63, 3.8) is 0 Å². The van der Waals surface area contributed by atoms with E-state index in [1.807, 2.05) is 4.90 Å². The van der Waals surface area contributed by atoms with Crippen molar-refractivity contribution in [1.82, 2.24) is 10.2 Å². The molecule has 8 nitrogen and oxygen atoms in total. The summed E-state index contributed by atoms with van der Waals surface area (Å²) in [6.07, 6.45) is 8.51. The molecule has 4 saturated carbocycles. The van der Waals surface area contributed by atoms with Crippen LogP contribution in [0.25, 0.3) is 0 Å². The summed E-state index contributed by atoms with van der Waals surface area (Å²) >= 11 is 0. The Balaban J connectivity index is 1.17. The van der Waals surface area contributed by atoms with Crippen molar-refractivity contribution in [2.45, 2.75) is 57.4 Å². The number of rotatable bonds is 7. The lowest BCUT2D eigenvalue weighted by Gasteiger charge is -2.56. The summed E-state index contributed by atoms with van der Waals surface area (Å²) in [6, 6.07) is 6.08. The molecule has 32 heavy (non-hydrogen) atoms. The molecular weight excluding hydrogens is 408 g/mol. The van der Waals surface area contributed by atoms with Gasteiger partial charge in [-0.25, -0.2) is 0 Å². The van der Waals surface area contributed by atoms with E-state index in [1.165, 1.54) is 25.3 Å². The fourth-order valence-electron chi connectivity index (χ4n) is 7.24. The van der Waals surface area contributed by atoms with Gasteiger partial charge in [0.2, 0.25) is 11.8 Å². The van der Waals surface area contributed by atoms with Crippen molar-refractivity contribution >= 4 is 23.2 Å². The van der Waals surface area contributed by atoms with E-state index in [4.69, 9.17) is 0 Å². The van der Waals surface area contributed by atoms with Gasteiger partial charge in [0.1, 0.15) is 11.7 Å². The number of carbonyl (C=O) groups is 2. The number of nitro benzene ring substituents is 1. The van der Waals surface area contributed by atoms with Crippen LogP contribution in [0.15, 0.2) is 24.3 Å². The van der Waals surface area contributed by atoms with E-state index in [0.717, 1.165) is 25.7 Å². The van der Waals surface area contributed by atoms with E-state index in [-0.39, 0.29) is 29.0 Å². The molecule has 2 N–H and O–H groups in total. The Hall–Kier alpha value is -2.64. The van der Waals surface area contributed by atoms with E-state index in [0.29, 0.717) is 49.5 Å². The van der Waals surface area contributed by atoms with E-state index in [9.17, 15) is 19.7 Å². The highest BCUT2D eigenvalue weighted by Crippen LogP contribution is 2.60. The number of benzene rings is 1. The zero-order valence-corrected chi connectivity index (χ0v) is 18.4. The minimum atomic E-state index is -0.423. The average Bonchev–Trinajstić information content (AvgIpc) is 3.25. The molecule has 5 aliphatic rings. The highest BCUT2D eigenvalue weighted by atomic mass is 16.6. The molecule has 1 atom stereocenters. The van der Waals surface area contributed by atoms with Gasteiger partial charge in [0.15, 0.2) is 0 Å². The molecule has 0 aromatic heterocycles. The van der Waals surface area contributed by atoms with Crippen molar-refractivity contribution in [1.29, 1.82) is 0 Å². The molecule has 1 aromatic carbocycles. The van der Waals surface area contributed by atoms with Gasteiger partial charge in [0, 0.05) is 25.7 Å². The van der Waals surface area contributed by atoms with Crippen LogP contribution in [-0.2, 0) is 9.59 Å². The Morgan fingerprint density at radius 2 is 1.72 bits per heavy atom. The van der Waals surface area contributed by atoms with Crippen molar-refractivity contribution in [3.05, 3.63) is 34.4 Å². The van der Waals surface area contributed by atoms with Gasteiger partial charge in [0.25, 0.3) is 5.69 Å². The standard InChI is InChI=1S/C24H32N4O4/c29-22(26-8-7-25-19-4-1-2-5-20(19)28(31)32)21-6-3-9-27(21)23(30)24-13-16-10-17(14-24)12-18(11-16)15-24/h1-2,4-5,16-18,21,25H,3,6-15H2,(H,26,29). The summed E-state index contributed by atoms with van der Waals surface area (Å²) in [4.78, 5) is 39.2. The molecular formula is C24H32N4O4. The molecule has 8 heteroatoms. The first-order valence-corrected chi connectivity index (χ1v) is 12.0. The SMILES string of the molecule is O=C(NCCNc1ccccc1[N+](=O)[O-])C1CCCN1C(=O)C12CC3CC(CC(C3)C1)C2. The zero-order chi connectivity index (χ0) is 22.3. The molecule has 172 valence electrons. The molecule has 1 unspecified atom stereocenters. The summed E-state index contributed by atoms with van der Waals surface area (Å²) in [7, 11) is 0. The van der Waals surface area contributed by atoms with E-state index in [2.05, 4.69) is 10.6 Å². The predicted octanol–water partition coefficient (Wildman–Crippen LogP) is 3.33. The summed E-state index contributed by atoms with van der Waals surface area (Å²) in [5.41, 5.74) is 0.235. The maximum absolute atomic E-state index is 13.7. The first-order chi connectivity index (χ1) is 15.4. The molecule has 0 spiro atoms. The number of likely N-dealkylation sites (tertiary alicyclic amines) is 1. The lowest BCUT2D eigenvalue weighted by atomic mass is 9.49. The number of anilines is 1. The molecule has 1 aliphatic heterocycles. The van der Waals surface area contributed by atoms with Crippen LogP contribution in [0.3, 0.4) is 0 Å². The molecule has 0 radical (unpaired) electrons. The van der Waals surface area contributed by atoms with Crippen LogP contribution in [0, 0.1) is 33.3 Å². The maximum atomic E-state index is 13.7. The number of para-hydroxylation sites is 2. The smallest absolute Gasteiger partial charge is 0.292 e. The van der Waals surface area contributed by atoms with Gasteiger partial charge in [0.05, 0.1) is 10.3 Å². The quantitative estimate of drug-likeness (QED) is 0.384. The lowest BCUT2D eigenvalue weighted by Crippen LogP contribution is -2.57. The van der Waals surface area contributed by atoms with Crippen LogP contribution < -0.4 is 10.6 Å². The number of carbonyl (C=O) groups excluding carboxylic acids is 2. The van der Waals surface area contributed by atoms with Crippen LogP contribution >= 0.6 is 0 Å². The number of nitrogens with zero attached hydrogens (tertiary/aromatic N) is 2. The second kappa shape index (κ2) is 8.37. The van der Waals surface area contributed by atoms with Crippen LogP contribution in [-0.4, -0.2) is 47.3 Å². The minimum absolute atomic E-state index is 0.0157. The van der Waals surface area contributed by atoms with Crippen LogP contribution in [0.2, 0.25) is 0 Å². The number of nitrogens with one attached hydrogen (secondary N) is 2. The molecule has 2 amide bonds. The molecule has 1 aromatic rings. The molecule has 6 rings (SSSR count). The Bertz CT molecular complexity index is 882. The third-order valence-corrected chi connectivity index (χ3v) is 8.15. The maximum Gasteiger partial charge on any atom is 0.292 e. The van der Waals surface area contributed by atoms with E-state index in [1.54, 1.807) is 18.2 Å². The fourth-order valence-corrected chi connectivity index (χ4v) is 7.24. The number of hydrogen-bond donors (Lipinski definition) is 2. The van der Waals surface area contributed by atoms with Gasteiger partial charge in [-0.3, -0.25) is 19.7 Å². The predicted molar refractivity (Wildman–Crippen MR) is 120 cm³/mol. The second-order valence-corrected chi connectivity index (χ2v) is 10.3. The molecule has 1 heterocycles. The number of amides is 2. The van der Waals surface area contributed by atoms with Crippen molar-refractivity contribution in [3.8, 4) is 0 Å². The third kappa shape index (κ3) is 3.84. The van der Waals surface area contributed by atoms with Crippen molar-refractivity contribution in [2.75, 3.05) is 25.0 Å². The summed E-state index contributed by atoms with van der Waals surface area (Å²) < 4.78 is 0. The Labute approximate surface area is 188 Å². The van der Waals surface area contributed by atoms with E-state index >= 15 is 0 Å². The van der Waals surface area contributed by atoms with Gasteiger partial charge >= 0.3 is 0 Å². The summed E-state index contributed by atoms with van der Waals surface area (Å²) in [5, 5.41) is 17.1. The zero-order valence-electron chi connectivity index (χ0n) is 18.4. The third-order valence-electron chi connectivity index (χ3n) is 8.15. The van der Waals surface area contributed by atoms with Gasteiger partial charge in [-0.1, -0.05) is 12.1 Å². The van der Waals surface area contributed by atoms with Gasteiger partial charge in [-0.15, -0.1) is 0 Å². The van der Waals surface area contributed by atoms with Crippen LogP contribution in [0.5, 0.6) is 0 Å². The largest absolute Gasteiger partial charge is 0.378 e. The molecule has 4 aliphatic carbocycles. The van der Waals surface area contributed by atoms with Gasteiger partial charge < -0.3 is 15.5 Å². The topological polar surface area (TPSA) is 105 Å². The van der Waals surface area contributed by atoms with Crippen LogP contribution in [0.4, 0.5) is 11.4 Å².